The van der Waals surface area contributed by atoms with E-state index in [0.717, 1.165) is 55.8 Å². The zero-order valence-corrected chi connectivity index (χ0v) is 22.3. The highest BCUT2D eigenvalue weighted by Crippen LogP contribution is 2.43. The second-order valence-electron chi connectivity index (χ2n) is 8.85. The van der Waals surface area contributed by atoms with Gasteiger partial charge < -0.3 is 10.0 Å². The van der Waals surface area contributed by atoms with Gasteiger partial charge in [-0.25, -0.2) is 13.2 Å². The molecule has 1 aliphatic rings. The predicted octanol–water partition coefficient (Wildman–Crippen LogP) is 5.28. The molecule has 0 aromatic heterocycles. The molecule has 3 rings (SSSR count). The zero-order valence-electron chi connectivity index (χ0n) is 21.5. The molecule has 0 atom stereocenters. The second kappa shape index (κ2) is 12.5. The molecule has 0 fully saturated rings. The van der Waals surface area contributed by atoms with Crippen LogP contribution in [0.25, 0.3) is 11.6 Å². The minimum absolute atomic E-state index is 0.0155. The fourth-order valence-electron chi connectivity index (χ4n) is 4.09. The van der Waals surface area contributed by atoms with Crippen molar-refractivity contribution in [2.75, 3.05) is 25.0 Å². The molecule has 196 valence electrons. The first-order valence-corrected chi connectivity index (χ1v) is 13.9. The Morgan fingerprint density at radius 2 is 1.65 bits per heavy atom. The lowest BCUT2D eigenvalue weighted by Crippen LogP contribution is -2.25. The van der Waals surface area contributed by atoms with E-state index in [9.17, 15) is 18.3 Å². The molecule has 8 nitrogen and oxygen atoms in total. The highest BCUT2D eigenvalue weighted by atomic mass is 32.2. The van der Waals surface area contributed by atoms with Crippen molar-refractivity contribution in [1.82, 2.24) is 5.01 Å². The van der Waals surface area contributed by atoms with E-state index in [4.69, 9.17) is 5.41 Å². The number of hydrogen-bond donors (Lipinski definition) is 2. The first-order valence-electron chi connectivity index (χ1n) is 12.4. The number of sulfone groups is 1. The van der Waals surface area contributed by atoms with Gasteiger partial charge in [-0.15, -0.1) is 0 Å². The van der Waals surface area contributed by atoms with E-state index in [-0.39, 0.29) is 21.1 Å². The molecule has 0 amide bonds. The van der Waals surface area contributed by atoms with E-state index in [1.54, 1.807) is 24.3 Å². The Morgan fingerprint density at radius 1 is 1.03 bits per heavy atom. The summed E-state index contributed by atoms with van der Waals surface area (Å²) in [6.45, 7) is 6.27. The van der Waals surface area contributed by atoms with Gasteiger partial charge in [0.2, 0.25) is 9.84 Å². The van der Waals surface area contributed by atoms with Crippen LogP contribution in [0.5, 0.6) is 0 Å². The number of anilines is 1. The molecule has 2 aromatic carbocycles. The van der Waals surface area contributed by atoms with Gasteiger partial charge >= 0.3 is 5.97 Å². The van der Waals surface area contributed by atoms with Crippen molar-refractivity contribution in [2.45, 2.75) is 44.4 Å². The van der Waals surface area contributed by atoms with E-state index < -0.39 is 15.8 Å². The minimum Gasteiger partial charge on any atom is -0.476 e. The highest BCUT2D eigenvalue weighted by Gasteiger charge is 2.36. The molecule has 0 radical (unpaired) electrons. The quantitative estimate of drug-likeness (QED) is 0.223. The van der Waals surface area contributed by atoms with Gasteiger partial charge in [-0.1, -0.05) is 57.0 Å². The van der Waals surface area contributed by atoms with Crippen LogP contribution in [0.15, 0.2) is 69.5 Å². The number of allylic oxidation sites excluding steroid dienone is 1. The number of hydrazone groups is 1. The van der Waals surface area contributed by atoms with Crippen LogP contribution in [0.2, 0.25) is 0 Å². The standard InChI is InChI=1S/C28H34N4O4S/c1-4-6-16-32(17-7-5-2)22-14-12-21(13-15-22)18-27-24(19-25(28(33)34)30-31(3)20-29)23-10-8-9-11-26(23)37(27,35)36/h8-15,18-20,29H,4-7,16-17H2,1-3H3,(H,33,34)/b24-19+,27-18-,29-20?,30-25+. The second-order valence-corrected chi connectivity index (χ2v) is 10.7. The third kappa shape index (κ3) is 6.54. The van der Waals surface area contributed by atoms with Crippen molar-refractivity contribution in [3.05, 3.63) is 70.6 Å². The maximum absolute atomic E-state index is 13.5. The van der Waals surface area contributed by atoms with Crippen LogP contribution in [-0.2, 0) is 14.6 Å². The molecule has 0 unspecified atom stereocenters. The molecule has 1 heterocycles. The number of carbonyl (C=O) groups is 1. The van der Waals surface area contributed by atoms with Gasteiger partial charge in [-0.3, -0.25) is 10.4 Å². The van der Waals surface area contributed by atoms with Gasteiger partial charge in [0.1, 0.15) is 6.34 Å². The van der Waals surface area contributed by atoms with Gasteiger partial charge in [-0.2, -0.15) is 5.10 Å². The lowest BCUT2D eigenvalue weighted by molar-refractivity contribution is -0.129. The molecule has 1 aliphatic heterocycles. The fraction of sp³-hybridized carbons (Fsp3) is 0.321. The molecule has 0 saturated heterocycles. The third-order valence-corrected chi connectivity index (χ3v) is 7.95. The first kappa shape index (κ1) is 27.9. The SMILES string of the molecule is CCCCN(CCCC)c1ccc(/C=C2/C(=C/C(=N\N(C)C=N)C(=O)O)c3ccccc3S2(=O)=O)cc1. The normalized spacial score (nSPS) is 16.6. The third-order valence-electron chi connectivity index (χ3n) is 6.09. The van der Waals surface area contributed by atoms with Crippen LogP contribution in [0.4, 0.5) is 5.69 Å². The topological polar surface area (TPSA) is 114 Å². The van der Waals surface area contributed by atoms with Gasteiger partial charge in [0, 0.05) is 37.0 Å². The van der Waals surface area contributed by atoms with Crippen molar-refractivity contribution < 1.29 is 18.3 Å². The number of nitrogens with one attached hydrogen (secondary N) is 1. The van der Waals surface area contributed by atoms with Gasteiger partial charge in [0.25, 0.3) is 0 Å². The van der Waals surface area contributed by atoms with Crippen molar-refractivity contribution in [3.63, 3.8) is 0 Å². The predicted molar refractivity (Wildman–Crippen MR) is 150 cm³/mol. The molecule has 0 spiro atoms. The van der Waals surface area contributed by atoms with Gasteiger partial charge in [0.05, 0.1) is 9.80 Å². The molecule has 2 aromatic rings. The summed E-state index contributed by atoms with van der Waals surface area (Å²) >= 11 is 0. The van der Waals surface area contributed by atoms with E-state index >= 15 is 0 Å². The number of unbranched alkanes of at least 4 members (excludes halogenated alkanes) is 2. The molecule has 9 heteroatoms. The van der Waals surface area contributed by atoms with Gasteiger partial charge in [0.15, 0.2) is 5.71 Å². The average Bonchev–Trinajstić information content (AvgIpc) is 3.10. The van der Waals surface area contributed by atoms with Gasteiger partial charge in [-0.05, 0) is 48.8 Å². The molecule has 0 saturated carbocycles. The van der Waals surface area contributed by atoms with Crippen molar-refractivity contribution >= 4 is 45.2 Å². The monoisotopic (exact) mass is 522 g/mol. The highest BCUT2D eigenvalue weighted by molar-refractivity contribution is 7.96. The molecule has 37 heavy (non-hydrogen) atoms. The summed E-state index contributed by atoms with van der Waals surface area (Å²) in [5.41, 5.74) is 2.08. The summed E-state index contributed by atoms with van der Waals surface area (Å²) in [4.78, 5) is 14.4. The molecular weight excluding hydrogens is 488 g/mol. The summed E-state index contributed by atoms with van der Waals surface area (Å²) in [6, 6.07) is 14.3. The summed E-state index contributed by atoms with van der Waals surface area (Å²) in [5, 5.41) is 21.9. The molecule has 0 aliphatic carbocycles. The number of nitrogens with zero attached hydrogens (tertiary/aromatic N) is 3. The number of carboxylic acid groups (broad SMARTS) is 1. The number of rotatable bonds is 12. The number of aliphatic carboxylic acids is 1. The Labute approximate surface area is 219 Å². The smallest absolute Gasteiger partial charge is 0.356 e. The largest absolute Gasteiger partial charge is 0.476 e. The number of carboxylic acids is 1. The number of benzene rings is 2. The van der Waals surface area contributed by atoms with E-state index in [0.29, 0.717) is 11.1 Å². The Bertz CT molecular complexity index is 1320. The van der Waals surface area contributed by atoms with Crippen LogP contribution in [0, 0.1) is 5.41 Å². The zero-order chi connectivity index (χ0) is 27.0. The number of fused-ring (bicyclic) bond motifs is 1. The molecule has 0 bridgehead atoms. The van der Waals surface area contributed by atoms with E-state index in [1.165, 1.54) is 19.2 Å². The first-order chi connectivity index (χ1) is 17.7. The lowest BCUT2D eigenvalue weighted by Gasteiger charge is -2.24. The van der Waals surface area contributed by atoms with Crippen LogP contribution in [-0.4, -0.2) is 56.7 Å². The average molecular weight is 523 g/mol. The van der Waals surface area contributed by atoms with Crippen LogP contribution in [0.1, 0.15) is 50.7 Å². The van der Waals surface area contributed by atoms with Crippen molar-refractivity contribution in [2.24, 2.45) is 5.10 Å². The van der Waals surface area contributed by atoms with Crippen LogP contribution in [0.3, 0.4) is 0 Å². The Balaban J connectivity index is 2.09. The molecular formula is C28H34N4O4S. The van der Waals surface area contributed by atoms with Crippen LogP contribution >= 0.6 is 0 Å². The summed E-state index contributed by atoms with van der Waals surface area (Å²) in [6.07, 6.45) is 8.11. The summed E-state index contributed by atoms with van der Waals surface area (Å²) in [7, 11) is -2.45. The number of hydrogen-bond acceptors (Lipinski definition) is 6. The van der Waals surface area contributed by atoms with Crippen LogP contribution < -0.4 is 4.90 Å². The summed E-state index contributed by atoms with van der Waals surface area (Å²) in [5.74, 6) is -1.33. The van der Waals surface area contributed by atoms with E-state index in [1.807, 2.05) is 24.3 Å². The summed E-state index contributed by atoms with van der Waals surface area (Å²) < 4.78 is 27.0. The van der Waals surface area contributed by atoms with Crippen molar-refractivity contribution in [1.29, 1.82) is 5.41 Å². The minimum atomic E-state index is -3.87. The Morgan fingerprint density at radius 3 is 2.22 bits per heavy atom. The maximum Gasteiger partial charge on any atom is 0.356 e. The Hall–Kier alpha value is -3.72. The maximum atomic E-state index is 13.5. The Kier molecular flexibility index (Phi) is 9.41. The fourth-order valence-corrected chi connectivity index (χ4v) is 5.81. The lowest BCUT2D eigenvalue weighted by atomic mass is 10.0. The van der Waals surface area contributed by atoms with E-state index in [2.05, 4.69) is 23.8 Å². The van der Waals surface area contributed by atoms with Crippen molar-refractivity contribution in [3.8, 4) is 0 Å². The molecule has 2 N–H and O–H groups in total.